The van der Waals surface area contributed by atoms with Crippen LogP contribution in [0.2, 0.25) is 18.1 Å². The van der Waals surface area contributed by atoms with Gasteiger partial charge in [-0.3, -0.25) is 9.59 Å². The number of rotatable bonds is 7. The molecule has 2 aromatic rings. The number of benzene rings is 1. The molecule has 16 heteroatoms. The van der Waals surface area contributed by atoms with Crippen molar-refractivity contribution in [3.05, 3.63) is 41.1 Å². The second-order valence-electron chi connectivity index (χ2n) is 12.4. The molecule has 1 N–H and O–H groups in total. The number of halogens is 5. The largest absolute Gasteiger partial charge is 0.435 e. The molecule has 0 saturated carbocycles. The number of aromatic nitrogens is 2. The van der Waals surface area contributed by atoms with Crippen LogP contribution in [-0.2, 0) is 25.1 Å². The molecule has 1 saturated heterocycles. The van der Waals surface area contributed by atoms with Gasteiger partial charge in [-0.2, -0.15) is 17.5 Å². The summed E-state index contributed by atoms with van der Waals surface area (Å²) in [7, 11) is -5.57. The molecule has 2 heterocycles. The van der Waals surface area contributed by atoms with Gasteiger partial charge in [0.15, 0.2) is 19.8 Å². The van der Waals surface area contributed by atoms with E-state index in [0.29, 0.717) is 0 Å². The second kappa shape index (κ2) is 12.8. The summed E-state index contributed by atoms with van der Waals surface area (Å²) in [6.45, 7) is 10.5. The number of hydrogen-bond acceptors (Lipinski definition) is 7. The lowest BCUT2D eigenvalue weighted by Crippen LogP contribution is -2.42. The van der Waals surface area contributed by atoms with Gasteiger partial charge in [0.25, 0.3) is 11.8 Å². The summed E-state index contributed by atoms with van der Waals surface area (Å²) in [6, 6.07) is 5.59. The third-order valence-electron chi connectivity index (χ3n) is 7.88. The number of amides is 2. The zero-order chi connectivity index (χ0) is 33.3. The van der Waals surface area contributed by atoms with Crippen LogP contribution in [0.3, 0.4) is 0 Å². The molecule has 0 radical (unpaired) electrons. The van der Waals surface area contributed by atoms with E-state index in [1.54, 1.807) is 0 Å². The zero-order valence-corrected chi connectivity index (χ0v) is 27.6. The maximum absolute atomic E-state index is 14.0. The fourth-order valence-corrected chi connectivity index (χ4v) is 6.42. The Balaban J connectivity index is 1.93. The summed E-state index contributed by atoms with van der Waals surface area (Å²) in [5.41, 5.74) is -2.31. The first-order chi connectivity index (χ1) is 20.0. The molecular weight excluding hydrogens is 625 g/mol. The highest BCUT2D eigenvalue weighted by Crippen LogP contribution is 2.37. The lowest BCUT2D eigenvalue weighted by molar-refractivity contribution is -0.142. The van der Waals surface area contributed by atoms with Gasteiger partial charge in [0.1, 0.15) is 6.61 Å². The van der Waals surface area contributed by atoms with E-state index in [2.05, 4.69) is 19.9 Å². The predicted molar refractivity (Wildman–Crippen MR) is 160 cm³/mol. The van der Waals surface area contributed by atoms with Gasteiger partial charge in [-0.25, -0.2) is 13.0 Å². The Morgan fingerprint density at radius 3 is 2.41 bits per heavy atom. The van der Waals surface area contributed by atoms with Gasteiger partial charge in [0, 0.05) is 42.8 Å². The molecule has 1 aliphatic rings. The first-order valence-electron chi connectivity index (χ1n) is 13.9. The number of alkyl halides is 5. The summed E-state index contributed by atoms with van der Waals surface area (Å²) in [4.78, 5) is 27.5. The Morgan fingerprint density at radius 2 is 1.80 bits per heavy atom. The quantitative estimate of drug-likeness (QED) is 0.260. The van der Waals surface area contributed by atoms with Crippen molar-refractivity contribution in [3.8, 4) is 0 Å². The van der Waals surface area contributed by atoms with Crippen LogP contribution < -0.4 is 10.2 Å². The fraction of sp³-hybridized carbons (Fsp3) is 0.571. The van der Waals surface area contributed by atoms with Crippen molar-refractivity contribution in [2.75, 3.05) is 36.2 Å². The van der Waals surface area contributed by atoms with Gasteiger partial charge in [-0.1, -0.05) is 26.8 Å². The molecule has 1 atom stereocenters. The maximum Gasteiger partial charge on any atom is 0.435 e. The van der Waals surface area contributed by atoms with Gasteiger partial charge in [0.05, 0.1) is 15.3 Å². The highest BCUT2D eigenvalue weighted by molar-refractivity contribution is 7.93. The third kappa shape index (κ3) is 8.59. The van der Waals surface area contributed by atoms with E-state index in [1.807, 2.05) is 33.9 Å². The van der Waals surface area contributed by atoms with E-state index in [0.717, 1.165) is 6.92 Å². The molecule has 0 bridgehead atoms. The Kier molecular flexibility index (Phi) is 10.3. The molecule has 1 aliphatic heterocycles. The lowest BCUT2D eigenvalue weighted by Gasteiger charge is -2.35. The summed E-state index contributed by atoms with van der Waals surface area (Å²) < 4.78 is 92.3. The van der Waals surface area contributed by atoms with Gasteiger partial charge >= 0.3 is 6.18 Å². The molecule has 0 spiro atoms. The number of nitrogens with one attached hydrogen (secondary N) is 1. The van der Waals surface area contributed by atoms with Crippen LogP contribution in [-0.4, -0.2) is 66.4 Å². The van der Waals surface area contributed by atoms with Crippen molar-refractivity contribution in [2.45, 2.75) is 82.1 Å². The van der Waals surface area contributed by atoms with Gasteiger partial charge in [-0.15, -0.1) is 10.2 Å². The van der Waals surface area contributed by atoms with E-state index in [4.69, 9.17) is 4.43 Å². The summed E-state index contributed by atoms with van der Waals surface area (Å²) >= 11 is 0. The summed E-state index contributed by atoms with van der Waals surface area (Å²) in [6.07, 6.45) is -4.61. The lowest BCUT2D eigenvalue weighted by atomic mass is 10.1. The minimum atomic E-state index is -4.92. The van der Waals surface area contributed by atoms with Gasteiger partial charge < -0.3 is 14.6 Å². The molecular formula is C28H38F5N5O4SSi. The smallest absolute Gasteiger partial charge is 0.407 e. The monoisotopic (exact) mass is 663 g/mol. The van der Waals surface area contributed by atoms with Crippen LogP contribution in [0.4, 0.5) is 33.5 Å². The molecule has 2 amide bonds. The van der Waals surface area contributed by atoms with E-state index in [1.165, 1.54) is 35.4 Å². The highest BCUT2D eigenvalue weighted by Gasteiger charge is 2.40. The molecule has 3 rings (SSSR count). The Hall–Kier alpha value is -2.98. The van der Waals surface area contributed by atoms with Gasteiger partial charge in [-0.05, 0) is 55.2 Å². The van der Waals surface area contributed by atoms with Gasteiger partial charge in [0.2, 0.25) is 5.92 Å². The minimum absolute atomic E-state index is 0.0336. The number of nitrogens with zero attached hydrogens (tertiary/aromatic N) is 4. The van der Waals surface area contributed by atoms with E-state index in [9.17, 15) is 35.8 Å². The molecule has 1 aromatic carbocycles. The first-order valence-corrected chi connectivity index (χ1v) is 18.7. The third-order valence-corrected chi connectivity index (χ3v) is 14.0. The van der Waals surface area contributed by atoms with Crippen LogP contribution in [0.5, 0.6) is 0 Å². The molecule has 244 valence electrons. The minimum Gasteiger partial charge on any atom is -0.407 e. The van der Waals surface area contributed by atoms with Crippen LogP contribution in [0, 0.1) is 6.92 Å². The average Bonchev–Trinajstić information content (AvgIpc) is 3.06. The van der Waals surface area contributed by atoms with E-state index >= 15 is 0 Å². The normalized spacial score (nSPS) is 17.4. The maximum atomic E-state index is 14.0. The van der Waals surface area contributed by atoms with E-state index in [-0.39, 0.29) is 47.6 Å². The topological polar surface area (TPSA) is 114 Å². The molecule has 9 nitrogen and oxygen atoms in total. The van der Waals surface area contributed by atoms with Crippen LogP contribution in [0.15, 0.2) is 33.5 Å². The van der Waals surface area contributed by atoms with Crippen molar-refractivity contribution in [1.82, 2.24) is 10.2 Å². The Morgan fingerprint density at radius 1 is 1.14 bits per heavy atom. The molecule has 1 unspecified atom stereocenters. The highest BCUT2D eigenvalue weighted by atomic mass is 32.2. The Labute approximate surface area is 255 Å². The van der Waals surface area contributed by atoms with Crippen molar-refractivity contribution in [3.63, 3.8) is 0 Å². The van der Waals surface area contributed by atoms with Crippen molar-refractivity contribution in [1.29, 1.82) is 0 Å². The number of carbonyl (C=O) groups is 2. The fourth-order valence-electron chi connectivity index (χ4n) is 4.28. The van der Waals surface area contributed by atoms with Crippen molar-refractivity contribution >= 4 is 41.4 Å². The van der Waals surface area contributed by atoms with E-state index < -0.39 is 71.6 Å². The summed E-state index contributed by atoms with van der Waals surface area (Å²) in [5.74, 6) is -4.92. The van der Waals surface area contributed by atoms with Crippen molar-refractivity contribution < 1.29 is 40.2 Å². The van der Waals surface area contributed by atoms with Crippen molar-refractivity contribution in [2.24, 2.45) is 4.36 Å². The SMILES string of the molecule is Cc1c(C(F)(F)F)nnc(N2CCCC(F)(F)CC2)c1C(=O)Nc1cccc(S(C)(=O)=NC(=O)CO[Si](C)(C)C(C)(C)C)c1. The van der Waals surface area contributed by atoms with Crippen LogP contribution in [0.25, 0.3) is 0 Å². The standard InChI is InChI=1S/C28H38F5N5O4SSi/c1-18-22(24(36-35-23(18)28(31,32)33)38-14-9-12-27(29,30)13-15-38)25(40)34-19-10-8-11-20(16-19)43(5,41)37-21(39)17-42-44(6,7)26(2,3)4/h8,10-11,16H,9,12-15,17H2,1-7H3,(H,34,40). The Bertz CT molecular complexity index is 1540. The molecule has 0 aliphatic carbocycles. The predicted octanol–water partition coefficient (Wildman–Crippen LogP) is 6.69. The summed E-state index contributed by atoms with van der Waals surface area (Å²) in [5, 5.41) is 9.29. The number of carbonyl (C=O) groups excluding carboxylic acids is 2. The first kappa shape index (κ1) is 35.5. The van der Waals surface area contributed by atoms with Crippen LogP contribution >= 0.6 is 0 Å². The zero-order valence-electron chi connectivity index (χ0n) is 25.8. The number of anilines is 2. The van der Waals surface area contributed by atoms with Crippen LogP contribution in [0.1, 0.15) is 61.6 Å². The average molecular weight is 664 g/mol. The molecule has 1 fully saturated rings. The number of hydrogen-bond donors (Lipinski definition) is 1. The molecule has 44 heavy (non-hydrogen) atoms. The molecule has 1 aromatic heterocycles. The second-order valence-corrected chi connectivity index (χ2v) is 19.5.